The molecule has 0 radical (unpaired) electrons. The first-order chi connectivity index (χ1) is 51.8. The minimum Gasteiger partial charge on any atom is -0.850 e. The van der Waals surface area contributed by atoms with Gasteiger partial charge in [0.2, 0.25) is 23.6 Å². The number of aliphatic hydroxyl groups is 2. The second-order valence-corrected chi connectivity index (χ2v) is 34.1. The molecule has 0 aliphatic carbocycles. The zero-order valence-corrected chi connectivity index (χ0v) is 85.0. The summed E-state index contributed by atoms with van der Waals surface area (Å²) in [7, 11) is 0. The summed E-state index contributed by atoms with van der Waals surface area (Å²) in [6.45, 7) is 29.9. The molecule has 4 amide bonds. The van der Waals surface area contributed by atoms with Gasteiger partial charge < -0.3 is 76.4 Å². The largest absolute Gasteiger partial charge is 1.00 e. The number of aliphatic hydroxyl groups excluding tert-OH is 2. The SMILES string of the molecule is C.C.C.CC(C)(C)[O-].CC(C)(C)[O-].CC(C)(C)[O-].C[C@@H](Cl)C(=O)N[C@H](CO)Cc1ccc(Cl)cc1.C[C@@H]1CN[C@@H](Cc2ccc(Cl)cc2)CO1.C[C@@H]1OC[C@H](Cc2ccc(Cl)cc2)NC1=O.C[C@H](Cl)C(=O)N[C@H](CO)Cc1ccc(Cl)cc1.C[C@H]1CN[C@@H](Cc2ccc(Cl)cc2)CO1.C[C@H]1OC[C@H](Cc2ccc(Cl)cc2)NC1=O.[K+].[K+].[K+]. The van der Waals surface area contributed by atoms with Crippen LogP contribution in [0.25, 0.3) is 0 Å². The van der Waals surface area contributed by atoms with Crippen molar-refractivity contribution >= 4 is 116 Å². The molecule has 117 heavy (non-hydrogen) atoms. The van der Waals surface area contributed by atoms with Gasteiger partial charge in [0.1, 0.15) is 23.0 Å². The third kappa shape index (κ3) is 67.0. The number of benzene rings is 6. The summed E-state index contributed by atoms with van der Waals surface area (Å²) in [5.74, 6) is -0.630. The average molecular weight is 1870 g/mol. The van der Waals surface area contributed by atoms with Crippen LogP contribution in [-0.4, -0.2) is 175 Å². The Morgan fingerprint density at radius 1 is 0.402 bits per heavy atom. The van der Waals surface area contributed by atoms with E-state index in [0.717, 1.165) is 94.3 Å². The van der Waals surface area contributed by atoms with Gasteiger partial charge in [0, 0.05) is 55.3 Å². The molecule has 4 saturated heterocycles. The summed E-state index contributed by atoms with van der Waals surface area (Å²) in [6, 6.07) is 46.2. The van der Waals surface area contributed by atoms with Crippen molar-refractivity contribution in [1.29, 1.82) is 0 Å². The van der Waals surface area contributed by atoms with Crippen molar-refractivity contribution < 1.29 is 218 Å². The van der Waals surface area contributed by atoms with Crippen LogP contribution in [0.15, 0.2) is 146 Å². The van der Waals surface area contributed by atoms with Gasteiger partial charge in [0.05, 0.1) is 76.0 Å². The first-order valence-corrected chi connectivity index (χ1v) is 40.2. The molecule has 4 heterocycles. The van der Waals surface area contributed by atoms with Crippen LogP contribution in [-0.2, 0) is 76.7 Å². The fraction of sp³-hybridized carbons (Fsp3) is 0.540. The standard InChI is InChI=1S/2C12H15Cl2NO2.2C12H14ClNO2.2C12H16ClNO.3C4H9O.3CH4.3K/c2*1-8(13)12(17)15-11(7-16)6-9-2-4-10(14)5-3-9;2*1-8-12(15)14-11(7-16-8)6-9-2-4-10(13)5-3-9;2*1-9-7-14-12(8-15-9)6-10-2-4-11(13)5-3-10;3*1-4(2,3)5;;;;;;/h2*2-5,8,11,16H,6-7H2,1H3,(H,15,17);2*2-5,8,11H,6-7H2,1H3,(H,14,15);2*2-5,9,12,14H,6-8H2,1H3;3*1-3H3;3*1H4;;;/q;;;;;;3*-1;;;;3*+1/t8-,11+;8-,11-;8-,11+;8-,11-;9-,12+;9-,12-;;;;;;;;;/m101010........./s1. The van der Waals surface area contributed by atoms with Crippen LogP contribution in [0.4, 0.5) is 0 Å². The van der Waals surface area contributed by atoms with Crippen molar-refractivity contribution in [2.75, 3.05) is 52.7 Å². The Labute approximate surface area is 868 Å². The van der Waals surface area contributed by atoms with Gasteiger partial charge in [-0.15, -0.1) is 40.0 Å². The molecular weight excluding hydrogens is 1740 g/mol. The number of carbonyl (C=O) groups excluding carboxylic acids is 4. The van der Waals surface area contributed by atoms with E-state index < -0.39 is 27.6 Å². The van der Waals surface area contributed by atoms with Crippen LogP contribution >= 0.6 is 92.8 Å². The van der Waals surface area contributed by atoms with Crippen molar-refractivity contribution in [2.45, 2.75) is 253 Å². The maximum Gasteiger partial charge on any atom is 1.00 e. The van der Waals surface area contributed by atoms with Crippen molar-refractivity contribution in [3.8, 4) is 0 Å². The molecule has 12 atom stereocenters. The summed E-state index contributed by atoms with van der Waals surface area (Å²) in [6.07, 6.45) is 4.66. The maximum absolute atomic E-state index is 11.4. The average Bonchev–Trinajstić information content (AvgIpc) is 0.879. The number of alkyl halides is 2. The van der Waals surface area contributed by atoms with Gasteiger partial charge in [0.25, 0.3) is 0 Å². The summed E-state index contributed by atoms with van der Waals surface area (Å²) >= 11 is 46.1. The molecule has 6 aromatic carbocycles. The van der Waals surface area contributed by atoms with Crippen LogP contribution in [0.1, 0.15) is 160 Å². The van der Waals surface area contributed by atoms with Crippen LogP contribution in [0, 0.1) is 0 Å². The van der Waals surface area contributed by atoms with Crippen molar-refractivity contribution in [3.63, 3.8) is 0 Å². The first-order valence-electron chi connectivity index (χ1n) is 37.1. The molecule has 0 aromatic heterocycles. The molecule has 0 spiro atoms. The Morgan fingerprint density at radius 3 is 0.778 bits per heavy atom. The van der Waals surface area contributed by atoms with E-state index in [2.05, 4.69) is 70.0 Å². The predicted molar refractivity (Wildman–Crippen MR) is 468 cm³/mol. The van der Waals surface area contributed by atoms with Gasteiger partial charge in [0.15, 0.2) is 0 Å². The molecule has 644 valence electrons. The second kappa shape index (κ2) is 68.2. The molecule has 6 aromatic rings. The third-order valence-electron chi connectivity index (χ3n) is 15.3. The Kier molecular flexibility index (Phi) is 73.1. The summed E-state index contributed by atoms with van der Waals surface area (Å²) in [5, 5.41) is 70.0. The quantitative estimate of drug-likeness (QED) is 0.0394. The molecule has 4 aliphatic heterocycles. The topological polar surface area (TPSA) is 287 Å². The smallest absolute Gasteiger partial charge is 0.850 e. The number of rotatable bonds is 18. The predicted octanol–water partition coefficient (Wildman–Crippen LogP) is 5.42. The number of nitrogens with one attached hydrogen (secondary N) is 6. The molecule has 0 bridgehead atoms. The Balaban J connectivity index is -0.000000410. The van der Waals surface area contributed by atoms with E-state index in [-0.39, 0.29) is 250 Å². The molecule has 30 heteroatoms. The van der Waals surface area contributed by atoms with E-state index in [1.54, 1.807) is 114 Å². The van der Waals surface area contributed by atoms with Gasteiger partial charge in [-0.05, 0) is 186 Å². The summed E-state index contributed by atoms with van der Waals surface area (Å²) in [5.41, 5.74) is 4.64. The van der Waals surface area contributed by atoms with Crippen molar-refractivity contribution in [2.24, 2.45) is 0 Å². The molecule has 0 unspecified atom stereocenters. The fourth-order valence-electron chi connectivity index (χ4n) is 9.72. The Morgan fingerprint density at radius 2 is 0.598 bits per heavy atom. The zero-order valence-electron chi connectivity index (χ0n) is 69.6. The normalized spacial score (nSPS) is 19.4. The van der Waals surface area contributed by atoms with E-state index in [9.17, 15) is 44.7 Å². The molecule has 10 rings (SSSR count). The van der Waals surface area contributed by atoms with Gasteiger partial charge in [-0.1, -0.05) is 227 Å². The van der Waals surface area contributed by atoms with E-state index in [1.807, 2.05) is 97.1 Å². The van der Waals surface area contributed by atoms with Crippen LogP contribution in [0.3, 0.4) is 0 Å². The van der Waals surface area contributed by atoms with Gasteiger partial charge in [-0.3, -0.25) is 19.2 Å². The van der Waals surface area contributed by atoms with Crippen LogP contribution in [0.2, 0.25) is 30.1 Å². The molecular formula is C87H129Cl8K3N6O13. The number of hydrogen-bond donors (Lipinski definition) is 8. The van der Waals surface area contributed by atoms with Crippen molar-refractivity contribution in [1.82, 2.24) is 31.9 Å². The first kappa shape index (κ1) is 125. The monoisotopic (exact) mass is 1860 g/mol. The number of morpholine rings is 4. The maximum atomic E-state index is 11.4. The molecule has 4 aliphatic rings. The Bertz CT molecular complexity index is 3280. The third-order valence-corrected chi connectivity index (χ3v) is 17.2. The second-order valence-electron chi connectivity index (χ2n) is 30.2. The minimum atomic E-state index is -0.750. The van der Waals surface area contributed by atoms with E-state index in [1.165, 1.54) is 11.1 Å². The van der Waals surface area contributed by atoms with Gasteiger partial charge in [-0.25, -0.2) is 0 Å². The number of hydrogen-bond acceptors (Lipinski definition) is 15. The van der Waals surface area contributed by atoms with Crippen molar-refractivity contribution in [3.05, 3.63) is 209 Å². The number of amides is 4. The minimum absolute atomic E-state index is 0. The van der Waals surface area contributed by atoms with Crippen LogP contribution < -0.4 is 201 Å². The van der Waals surface area contributed by atoms with E-state index in [4.69, 9.17) is 112 Å². The molecule has 4 fully saturated rings. The summed E-state index contributed by atoms with van der Waals surface area (Å²) in [4.78, 5) is 45.5. The zero-order chi connectivity index (χ0) is 83.6. The number of ether oxygens (including phenoxy) is 4. The molecule has 8 N–H and O–H groups in total. The van der Waals surface area contributed by atoms with E-state index in [0.29, 0.717) is 60.4 Å². The fourth-order valence-corrected chi connectivity index (χ4v) is 10.6. The van der Waals surface area contributed by atoms with Gasteiger partial charge >= 0.3 is 154 Å². The van der Waals surface area contributed by atoms with Crippen LogP contribution in [0.5, 0.6) is 0 Å². The number of carbonyl (C=O) groups is 4. The summed E-state index contributed by atoms with van der Waals surface area (Å²) < 4.78 is 21.9. The molecule has 0 saturated carbocycles. The molecule has 19 nitrogen and oxygen atoms in total. The van der Waals surface area contributed by atoms with E-state index >= 15 is 0 Å². The Hall–Kier alpha value is -0.0109. The number of halogens is 8. The van der Waals surface area contributed by atoms with Gasteiger partial charge in [-0.2, -0.15) is 0 Å².